The predicted octanol–water partition coefficient (Wildman–Crippen LogP) is 5.97. The number of amides is 1. The summed E-state index contributed by atoms with van der Waals surface area (Å²) in [5, 5.41) is 16.4. The number of anilines is 1. The minimum Gasteiger partial charge on any atom is -0.480 e. The van der Waals surface area contributed by atoms with Crippen LogP contribution in [0, 0.1) is 0 Å². The summed E-state index contributed by atoms with van der Waals surface area (Å²) in [7, 11) is 0. The van der Waals surface area contributed by atoms with E-state index in [1.807, 2.05) is 30.3 Å². The fourth-order valence-corrected chi connectivity index (χ4v) is 6.05. The second-order valence-electron chi connectivity index (χ2n) is 11.2. The Morgan fingerprint density at radius 3 is 2.42 bits per heavy atom. The van der Waals surface area contributed by atoms with Crippen LogP contribution in [0.25, 0.3) is 0 Å². The molecule has 1 amide bonds. The van der Waals surface area contributed by atoms with Gasteiger partial charge in [0.15, 0.2) is 0 Å². The molecule has 1 atom stereocenters. The molecule has 3 N–H and O–H groups in total. The van der Waals surface area contributed by atoms with E-state index in [1.165, 1.54) is 12.0 Å². The van der Waals surface area contributed by atoms with Gasteiger partial charge in [0.1, 0.15) is 11.9 Å². The van der Waals surface area contributed by atoms with Gasteiger partial charge < -0.3 is 20.6 Å². The molecule has 1 aliphatic heterocycles. The lowest BCUT2D eigenvalue weighted by Crippen LogP contribution is -2.51. The first-order valence-electron chi connectivity index (χ1n) is 15.5. The summed E-state index contributed by atoms with van der Waals surface area (Å²) >= 11 is 0. The summed E-state index contributed by atoms with van der Waals surface area (Å²) < 4.78 is 0. The molecule has 1 aliphatic rings. The fourth-order valence-electron chi connectivity index (χ4n) is 6.05. The van der Waals surface area contributed by atoms with Crippen LogP contribution in [0.2, 0.25) is 0 Å². The SMILES string of the molecule is CCCN(CCCCc1ccc2c(n1)NCCC2)CCC(NC(=O)C(CCC)(CCC)c1ccccc1)C(=O)O. The number of unbranched alkanes of at least 4 members (excludes halogenated alkanes) is 1. The van der Waals surface area contributed by atoms with Gasteiger partial charge in [-0.15, -0.1) is 0 Å². The van der Waals surface area contributed by atoms with Crippen molar-refractivity contribution in [1.29, 1.82) is 0 Å². The highest BCUT2D eigenvalue weighted by Crippen LogP contribution is 2.35. The Bertz CT molecular complexity index is 1050. The van der Waals surface area contributed by atoms with Crippen LogP contribution in [0.4, 0.5) is 5.82 Å². The van der Waals surface area contributed by atoms with Crippen LogP contribution in [0.15, 0.2) is 42.5 Å². The number of benzene rings is 1. The maximum atomic E-state index is 13.8. The molecule has 40 heavy (non-hydrogen) atoms. The normalized spacial score (nSPS) is 13.9. The second kappa shape index (κ2) is 16.4. The van der Waals surface area contributed by atoms with Crippen LogP contribution >= 0.6 is 0 Å². The van der Waals surface area contributed by atoms with Gasteiger partial charge in [0.05, 0.1) is 5.41 Å². The van der Waals surface area contributed by atoms with Crippen molar-refractivity contribution in [3.05, 3.63) is 59.3 Å². The van der Waals surface area contributed by atoms with E-state index in [0.717, 1.165) is 81.7 Å². The number of aliphatic carboxylic acids is 1. The van der Waals surface area contributed by atoms with E-state index >= 15 is 0 Å². The van der Waals surface area contributed by atoms with Crippen LogP contribution in [-0.4, -0.2) is 59.1 Å². The van der Waals surface area contributed by atoms with Gasteiger partial charge in [-0.05, 0) is 88.1 Å². The molecule has 3 rings (SSSR count). The van der Waals surface area contributed by atoms with Crippen LogP contribution in [0.1, 0.15) is 95.4 Å². The number of fused-ring (bicyclic) bond motifs is 1. The van der Waals surface area contributed by atoms with Crippen molar-refractivity contribution in [2.75, 3.05) is 31.5 Å². The molecule has 2 heterocycles. The molecule has 1 unspecified atom stereocenters. The van der Waals surface area contributed by atoms with Crippen molar-refractivity contribution < 1.29 is 14.7 Å². The van der Waals surface area contributed by atoms with Crippen LogP contribution < -0.4 is 10.6 Å². The molecule has 0 spiro atoms. The first-order chi connectivity index (χ1) is 19.4. The molecule has 0 saturated heterocycles. The summed E-state index contributed by atoms with van der Waals surface area (Å²) in [6.07, 6.45) is 9.76. The maximum absolute atomic E-state index is 13.8. The molecule has 0 radical (unpaired) electrons. The molecule has 2 aromatic rings. The number of hydrogen-bond acceptors (Lipinski definition) is 5. The number of carboxylic acid groups (broad SMARTS) is 1. The van der Waals surface area contributed by atoms with E-state index in [1.54, 1.807) is 0 Å². The predicted molar refractivity (Wildman–Crippen MR) is 163 cm³/mol. The van der Waals surface area contributed by atoms with E-state index in [4.69, 9.17) is 4.98 Å². The number of nitrogens with one attached hydrogen (secondary N) is 2. The van der Waals surface area contributed by atoms with Crippen molar-refractivity contribution in [2.45, 2.75) is 103 Å². The van der Waals surface area contributed by atoms with Crippen molar-refractivity contribution in [2.24, 2.45) is 0 Å². The quantitative estimate of drug-likeness (QED) is 0.198. The number of carboxylic acids is 1. The number of aryl methyl sites for hydroxylation is 2. The summed E-state index contributed by atoms with van der Waals surface area (Å²) in [6.45, 7) is 9.78. The first kappa shape index (κ1) is 31.6. The number of aromatic nitrogens is 1. The van der Waals surface area contributed by atoms with Crippen molar-refractivity contribution >= 4 is 17.7 Å². The molecule has 0 aliphatic carbocycles. The molecule has 0 saturated carbocycles. The minimum atomic E-state index is -0.966. The molecule has 1 aromatic heterocycles. The zero-order valence-electron chi connectivity index (χ0n) is 24.9. The van der Waals surface area contributed by atoms with Gasteiger partial charge in [0.2, 0.25) is 5.91 Å². The minimum absolute atomic E-state index is 0.163. The Hall–Kier alpha value is -2.93. The second-order valence-corrected chi connectivity index (χ2v) is 11.2. The molecule has 7 nitrogen and oxygen atoms in total. The van der Waals surface area contributed by atoms with Crippen LogP contribution in [0.3, 0.4) is 0 Å². The Balaban J connectivity index is 1.56. The number of carbonyl (C=O) groups excluding carboxylic acids is 1. The van der Waals surface area contributed by atoms with Gasteiger partial charge in [-0.25, -0.2) is 9.78 Å². The highest BCUT2D eigenvalue weighted by molar-refractivity contribution is 5.91. The van der Waals surface area contributed by atoms with Gasteiger partial charge in [-0.1, -0.05) is 70.0 Å². The standard InChI is InChI=1S/C33H50N4O3/c1-4-20-33(21-5-2,27-14-8-7-9-15-27)32(40)36-29(31(38)39)19-25-37(23-6-3)24-11-10-16-28-18-17-26-13-12-22-34-30(26)35-28/h7-9,14-15,17-18,29H,4-6,10-13,16,19-25H2,1-3H3,(H,34,35)(H,36,40)(H,38,39). The molecular weight excluding hydrogens is 500 g/mol. The molecule has 220 valence electrons. The third-order valence-electron chi connectivity index (χ3n) is 8.10. The molecular formula is C33H50N4O3. The lowest BCUT2D eigenvalue weighted by molar-refractivity contribution is -0.143. The van der Waals surface area contributed by atoms with E-state index in [9.17, 15) is 14.7 Å². The molecule has 0 bridgehead atoms. The Morgan fingerprint density at radius 2 is 1.75 bits per heavy atom. The molecule has 1 aromatic carbocycles. The lowest BCUT2D eigenvalue weighted by atomic mass is 9.72. The monoisotopic (exact) mass is 550 g/mol. The summed E-state index contributed by atoms with van der Waals surface area (Å²) in [6, 6.07) is 13.3. The highest BCUT2D eigenvalue weighted by Gasteiger charge is 2.40. The average molecular weight is 551 g/mol. The Kier molecular flexibility index (Phi) is 12.9. The first-order valence-corrected chi connectivity index (χ1v) is 15.5. The van der Waals surface area contributed by atoms with E-state index in [0.29, 0.717) is 25.8 Å². The van der Waals surface area contributed by atoms with Gasteiger partial charge >= 0.3 is 5.97 Å². The third kappa shape index (κ3) is 8.79. The lowest BCUT2D eigenvalue weighted by Gasteiger charge is -2.34. The molecule has 0 fully saturated rings. The molecule has 7 heteroatoms. The van der Waals surface area contributed by atoms with Crippen molar-refractivity contribution in [1.82, 2.24) is 15.2 Å². The van der Waals surface area contributed by atoms with E-state index in [2.05, 4.69) is 48.4 Å². The van der Waals surface area contributed by atoms with E-state index < -0.39 is 17.4 Å². The third-order valence-corrected chi connectivity index (χ3v) is 8.10. The number of hydrogen-bond donors (Lipinski definition) is 3. The van der Waals surface area contributed by atoms with Gasteiger partial charge in [0, 0.05) is 18.8 Å². The Morgan fingerprint density at radius 1 is 1.00 bits per heavy atom. The number of carbonyl (C=O) groups is 2. The zero-order chi connectivity index (χ0) is 28.8. The number of rotatable bonds is 18. The van der Waals surface area contributed by atoms with Gasteiger partial charge in [-0.3, -0.25) is 4.79 Å². The highest BCUT2D eigenvalue weighted by atomic mass is 16.4. The fraction of sp³-hybridized carbons (Fsp3) is 0.606. The van der Waals surface area contributed by atoms with Gasteiger partial charge in [0.25, 0.3) is 0 Å². The van der Waals surface area contributed by atoms with Crippen molar-refractivity contribution in [3.8, 4) is 0 Å². The maximum Gasteiger partial charge on any atom is 0.326 e. The van der Waals surface area contributed by atoms with E-state index in [-0.39, 0.29) is 5.91 Å². The summed E-state index contributed by atoms with van der Waals surface area (Å²) in [4.78, 5) is 33.2. The number of pyridine rings is 1. The van der Waals surface area contributed by atoms with Crippen LogP contribution in [0.5, 0.6) is 0 Å². The largest absolute Gasteiger partial charge is 0.480 e. The number of nitrogens with zero attached hydrogens (tertiary/aromatic N) is 2. The van der Waals surface area contributed by atoms with Crippen molar-refractivity contribution in [3.63, 3.8) is 0 Å². The summed E-state index contributed by atoms with van der Waals surface area (Å²) in [5.74, 6) is -0.0805. The van der Waals surface area contributed by atoms with Gasteiger partial charge in [-0.2, -0.15) is 0 Å². The zero-order valence-corrected chi connectivity index (χ0v) is 24.9. The average Bonchev–Trinajstić information content (AvgIpc) is 2.97. The topological polar surface area (TPSA) is 94.6 Å². The smallest absolute Gasteiger partial charge is 0.326 e. The summed E-state index contributed by atoms with van der Waals surface area (Å²) in [5.41, 5.74) is 2.71. The Labute approximate surface area is 241 Å². The van der Waals surface area contributed by atoms with Crippen LogP contribution in [-0.2, 0) is 27.8 Å².